The van der Waals surface area contributed by atoms with Crippen LogP contribution in [0.1, 0.15) is 27.9 Å². The first kappa shape index (κ1) is 14.9. The number of allylic oxidation sites excluding steroid dienone is 1. The highest BCUT2D eigenvalue weighted by molar-refractivity contribution is 5.99. The lowest BCUT2D eigenvalue weighted by molar-refractivity contribution is 0.310. The van der Waals surface area contributed by atoms with E-state index in [-0.39, 0.29) is 5.82 Å². The average molecular weight is 332 g/mol. The summed E-state index contributed by atoms with van der Waals surface area (Å²) in [6.07, 6.45) is 3.38. The van der Waals surface area contributed by atoms with Gasteiger partial charge in [0, 0.05) is 37.1 Å². The van der Waals surface area contributed by atoms with Crippen molar-refractivity contribution < 1.29 is 4.39 Å². The zero-order chi connectivity index (χ0) is 17.1. The first-order valence-electron chi connectivity index (χ1n) is 8.90. The SMILES string of the molecule is Cc1cc2c3c(c1)c1c(n3CC(c3ccc(F)cc3)=C2)CCN(C)C1. The number of hydrogen-bond acceptors (Lipinski definition) is 1. The number of likely N-dealkylation sites (N-methyl/N-ethyl adjacent to an activating group) is 1. The van der Waals surface area contributed by atoms with E-state index in [0.29, 0.717) is 0 Å². The second-order valence-corrected chi connectivity index (χ2v) is 7.43. The summed E-state index contributed by atoms with van der Waals surface area (Å²) in [6.45, 7) is 5.17. The minimum absolute atomic E-state index is 0.180. The lowest BCUT2D eigenvalue weighted by Gasteiger charge is -2.25. The van der Waals surface area contributed by atoms with Gasteiger partial charge in [0.15, 0.2) is 0 Å². The molecule has 3 heterocycles. The Morgan fingerprint density at radius 1 is 1.04 bits per heavy atom. The maximum absolute atomic E-state index is 13.3. The molecule has 0 N–H and O–H groups in total. The Bertz CT molecular complexity index is 1020. The highest BCUT2D eigenvalue weighted by atomic mass is 19.1. The molecule has 2 aliphatic heterocycles. The smallest absolute Gasteiger partial charge is 0.123 e. The molecule has 0 unspecified atom stereocenters. The van der Waals surface area contributed by atoms with Crippen LogP contribution in [-0.2, 0) is 19.5 Å². The van der Waals surface area contributed by atoms with Crippen LogP contribution in [0.15, 0.2) is 36.4 Å². The lowest BCUT2D eigenvalue weighted by Crippen LogP contribution is -2.27. The van der Waals surface area contributed by atoms with Crippen LogP contribution >= 0.6 is 0 Å². The fourth-order valence-electron chi connectivity index (χ4n) is 4.43. The van der Waals surface area contributed by atoms with Crippen LogP contribution in [0.25, 0.3) is 22.6 Å². The minimum atomic E-state index is -0.180. The number of aryl methyl sites for hydroxylation is 1. The molecule has 0 aliphatic carbocycles. The van der Waals surface area contributed by atoms with E-state index < -0.39 is 0 Å². The summed E-state index contributed by atoms with van der Waals surface area (Å²) in [7, 11) is 2.20. The Labute approximate surface area is 147 Å². The van der Waals surface area contributed by atoms with Crippen molar-refractivity contribution in [3.8, 4) is 0 Å². The second-order valence-electron chi connectivity index (χ2n) is 7.43. The van der Waals surface area contributed by atoms with Crippen molar-refractivity contribution >= 4 is 22.6 Å². The van der Waals surface area contributed by atoms with Gasteiger partial charge in [-0.2, -0.15) is 0 Å². The van der Waals surface area contributed by atoms with Gasteiger partial charge in [-0.05, 0) is 72.1 Å². The van der Waals surface area contributed by atoms with Gasteiger partial charge in [0.2, 0.25) is 0 Å². The standard InChI is InChI=1S/C22H21FN2/c1-14-9-16-11-17(15-3-5-18(23)6-4-15)12-25-21-7-8-24(2)13-20(21)19(10-14)22(16)25/h3-6,9-11H,7-8,12-13H2,1-2H3. The summed E-state index contributed by atoms with van der Waals surface area (Å²) in [5.74, 6) is -0.180. The summed E-state index contributed by atoms with van der Waals surface area (Å²) >= 11 is 0. The number of halogens is 1. The van der Waals surface area contributed by atoms with Crippen LogP contribution in [-0.4, -0.2) is 23.1 Å². The third-order valence-corrected chi connectivity index (χ3v) is 5.58. The van der Waals surface area contributed by atoms with Crippen LogP contribution in [0, 0.1) is 12.7 Å². The molecule has 0 bridgehead atoms. The van der Waals surface area contributed by atoms with Crippen molar-refractivity contribution in [2.45, 2.75) is 26.4 Å². The van der Waals surface area contributed by atoms with Crippen LogP contribution in [0.5, 0.6) is 0 Å². The second kappa shape index (κ2) is 5.30. The molecule has 2 nitrogen and oxygen atoms in total. The Morgan fingerprint density at radius 2 is 1.84 bits per heavy atom. The van der Waals surface area contributed by atoms with Crippen molar-refractivity contribution in [1.29, 1.82) is 0 Å². The first-order chi connectivity index (χ1) is 12.1. The molecule has 126 valence electrons. The van der Waals surface area contributed by atoms with E-state index in [9.17, 15) is 4.39 Å². The topological polar surface area (TPSA) is 8.17 Å². The van der Waals surface area contributed by atoms with Crippen molar-refractivity contribution in [2.75, 3.05) is 13.6 Å². The molecule has 0 atom stereocenters. The largest absolute Gasteiger partial charge is 0.339 e. The van der Waals surface area contributed by atoms with E-state index in [0.717, 1.165) is 31.6 Å². The number of rotatable bonds is 1. The van der Waals surface area contributed by atoms with Crippen LogP contribution in [0.2, 0.25) is 0 Å². The van der Waals surface area contributed by atoms with Gasteiger partial charge in [-0.3, -0.25) is 0 Å². The number of aromatic nitrogens is 1. The van der Waals surface area contributed by atoms with Crippen molar-refractivity contribution in [3.63, 3.8) is 0 Å². The Hall–Kier alpha value is -2.39. The Morgan fingerprint density at radius 3 is 2.64 bits per heavy atom. The predicted octanol–water partition coefficient (Wildman–Crippen LogP) is 4.63. The number of nitrogens with zero attached hydrogens (tertiary/aromatic N) is 2. The minimum Gasteiger partial charge on any atom is -0.339 e. The van der Waals surface area contributed by atoms with E-state index in [4.69, 9.17) is 0 Å². The van der Waals surface area contributed by atoms with Crippen molar-refractivity contribution in [3.05, 3.63) is 70.2 Å². The van der Waals surface area contributed by atoms with Gasteiger partial charge < -0.3 is 9.47 Å². The molecule has 0 spiro atoms. The molecule has 0 saturated heterocycles. The molecular formula is C22H21FN2. The monoisotopic (exact) mass is 332 g/mol. The molecule has 3 heteroatoms. The zero-order valence-electron chi connectivity index (χ0n) is 14.6. The number of fused-ring (bicyclic) bond motifs is 3. The Kier molecular flexibility index (Phi) is 3.16. The third-order valence-electron chi connectivity index (χ3n) is 5.58. The first-order valence-corrected chi connectivity index (χ1v) is 8.90. The van der Waals surface area contributed by atoms with E-state index in [1.54, 1.807) is 12.1 Å². The molecule has 0 amide bonds. The fraction of sp³-hybridized carbons (Fsp3) is 0.273. The number of benzene rings is 2. The quantitative estimate of drug-likeness (QED) is 0.631. The molecule has 1 aromatic heterocycles. The molecular weight excluding hydrogens is 311 g/mol. The van der Waals surface area contributed by atoms with E-state index in [1.165, 1.54) is 38.9 Å². The summed E-state index contributed by atoms with van der Waals surface area (Å²) in [6, 6.07) is 11.5. The zero-order valence-corrected chi connectivity index (χ0v) is 14.6. The molecule has 0 fully saturated rings. The van der Waals surface area contributed by atoms with Crippen LogP contribution in [0.3, 0.4) is 0 Å². The summed E-state index contributed by atoms with van der Waals surface area (Å²) in [4.78, 5) is 2.40. The maximum atomic E-state index is 13.3. The summed E-state index contributed by atoms with van der Waals surface area (Å²) in [5, 5.41) is 1.41. The van der Waals surface area contributed by atoms with Gasteiger partial charge in [-0.1, -0.05) is 12.1 Å². The van der Waals surface area contributed by atoms with Gasteiger partial charge >= 0.3 is 0 Å². The van der Waals surface area contributed by atoms with E-state index in [2.05, 4.69) is 41.6 Å². The number of hydrogen-bond donors (Lipinski definition) is 0. The fourth-order valence-corrected chi connectivity index (χ4v) is 4.43. The molecule has 5 rings (SSSR count). The predicted molar refractivity (Wildman–Crippen MR) is 101 cm³/mol. The lowest BCUT2D eigenvalue weighted by atomic mass is 9.97. The van der Waals surface area contributed by atoms with E-state index >= 15 is 0 Å². The van der Waals surface area contributed by atoms with Gasteiger partial charge in [0.05, 0.1) is 5.52 Å². The average Bonchev–Trinajstić information content (AvgIpc) is 2.89. The molecule has 0 saturated carbocycles. The highest BCUT2D eigenvalue weighted by Gasteiger charge is 2.26. The van der Waals surface area contributed by atoms with Crippen molar-refractivity contribution in [2.24, 2.45) is 0 Å². The molecule has 3 aromatic rings. The summed E-state index contributed by atoms with van der Waals surface area (Å²) in [5.41, 5.74) is 9.30. The van der Waals surface area contributed by atoms with E-state index in [1.807, 2.05) is 12.1 Å². The van der Waals surface area contributed by atoms with Gasteiger partial charge in [0.25, 0.3) is 0 Å². The third kappa shape index (κ3) is 2.26. The molecule has 2 aromatic carbocycles. The normalized spacial score (nSPS) is 16.8. The maximum Gasteiger partial charge on any atom is 0.123 e. The Balaban J connectivity index is 1.74. The van der Waals surface area contributed by atoms with Gasteiger partial charge in [0.1, 0.15) is 5.82 Å². The van der Waals surface area contributed by atoms with Gasteiger partial charge in [-0.25, -0.2) is 4.39 Å². The summed E-state index contributed by atoms with van der Waals surface area (Å²) < 4.78 is 15.8. The van der Waals surface area contributed by atoms with Gasteiger partial charge in [-0.15, -0.1) is 0 Å². The molecule has 0 radical (unpaired) electrons. The molecule has 2 aliphatic rings. The molecule has 25 heavy (non-hydrogen) atoms. The highest BCUT2D eigenvalue weighted by Crippen LogP contribution is 2.39. The van der Waals surface area contributed by atoms with Crippen molar-refractivity contribution in [1.82, 2.24) is 9.47 Å². The van der Waals surface area contributed by atoms with Crippen LogP contribution < -0.4 is 0 Å². The van der Waals surface area contributed by atoms with Crippen LogP contribution in [0.4, 0.5) is 4.39 Å².